The minimum atomic E-state index is -0.776. The number of aliphatic hydroxyl groups excluding tert-OH is 1. The number of nitrogens with zero attached hydrogens (tertiary/aromatic N) is 1. The van der Waals surface area contributed by atoms with E-state index in [1.54, 1.807) is 0 Å². The van der Waals surface area contributed by atoms with Crippen LogP contribution < -0.4 is 4.90 Å². The maximum absolute atomic E-state index is 13.2. The molecular formula is C10H8BrF2NO2. The fourth-order valence-corrected chi connectivity index (χ4v) is 1.87. The summed E-state index contributed by atoms with van der Waals surface area (Å²) in [6, 6.07) is 2.12. The van der Waals surface area contributed by atoms with Crippen molar-refractivity contribution in [3.8, 4) is 0 Å². The van der Waals surface area contributed by atoms with Gasteiger partial charge in [-0.15, -0.1) is 0 Å². The van der Waals surface area contributed by atoms with E-state index in [-0.39, 0.29) is 29.0 Å². The van der Waals surface area contributed by atoms with Crippen molar-refractivity contribution in [2.24, 2.45) is 0 Å². The van der Waals surface area contributed by atoms with E-state index in [1.165, 1.54) is 4.90 Å². The van der Waals surface area contributed by atoms with E-state index in [1.807, 2.05) is 0 Å². The maximum atomic E-state index is 13.2. The molecule has 0 aliphatic carbocycles. The molecule has 3 nitrogen and oxygen atoms in total. The van der Waals surface area contributed by atoms with Crippen LogP contribution in [0.15, 0.2) is 16.6 Å². The number of hydrogen-bond acceptors (Lipinski definition) is 2. The van der Waals surface area contributed by atoms with E-state index in [9.17, 15) is 18.7 Å². The summed E-state index contributed by atoms with van der Waals surface area (Å²) < 4.78 is 26.2. The molecule has 1 atom stereocenters. The van der Waals surface area contributed by atoms with Crippen LogP contribution in [0.5, 0.6) is 0 Å². The summed E-state index contributed by atoms with van der Waals surface area (Å²) in [7, 11) is 0. The van der Waals surface area contributed by atoms with Crippen LogP contribution in [0.2, 0.25) is 0 Å². The van der Waals surface area contributed by atoms with Crippen LogP contribution in [-0.2, 0) is 4.79 Å². The summed E-state index contributed by atoms with van der Waals surface area (Å²) in [6.07, 6.45) is -0.790. The van der Waals surface area contributed by atoms with Crippen LogP contribution >= 0.6 is 15.9 Å². The maximum Gasteiger partial charge on any atom is 0.229 e. The molecule has 0 saturated carbocycles. The summed E-state index contributed by atoms with van der Waals surface area (Å²) in [5, 5.41) is 9.27. The van der Waals surface area contributed by atoms with Gasteiger partial charge in [0.15, 0.2) is 0 Å². The van der Waals surface area contributed by atoms with Gasteiger partial charge in [0.2, 0.25) is 5.91 Å². The number of aliphatic hydroxyl groups is 1. The number of benzene rings is 1. The number of hydrogen-bond donors (Lipinski definition) is 1. The Morgan fingerprint density at radius 1 is 1.38 bits per heavy atom. The van der Waals surface area contributed by atoms with Gasteiger partial charge in [-0.3, -0.25) is 4.79 Å². The summed E-state index contributed by atoms with van der Waals surface area (Å²) in [5.74, 6) is -1.89. The first kappa shape index (κ1) is 11.5. The largest absolute Gasteiger partial charge is 0.391 e. The minimum Gasteiger partial charge on any atom is -0.391 e. The lowest BCUT2D eigenvalue weighted by atomic mass is 10.3. The molecule has 1 heterocycles. The summed E-state index contributed by atoms with van der Waals surface area (Å²) in [4.78, 5) is 12.6. The Labute approximate surface area is 98.8 Å². The Morgan fingerprint density at radius 2 is 1.94 bits per heavy atom. The lowest BCUT2D eigenvalue weighted by molar-refractivity contribution is -0.117. The Hall–Kier alpha value is -1.01. The van der Waals surface area contributed by atoms with Crippen molar-refractivity contribution < 1.29 is 18.7 Å². The summed E-state index contributed by atoms with van der Waals surface area (Å²) in [5.41, 5.74) is 0.125. The first-order valence-electron chi connectivity index (χ1n) is 4.62. The van der Waals surface area contributed by atoms with Gasteiger partial charge in [-0.25, -0.2) is 8.78 Å². The molecule has 1 fully saturated rings. The summed E-state index contributed by atoms with van der Waals surface area (Å²) >= 11 is 2.75. The highest BCUT2D eigenvalue weighted by molar-refractivity contribution is 9.10. The molecule has 1 N–H and O–H groups in total. The lowest BCUT2D eigenvalue weighted by Crippen LogP contribution is -2.25. The highest BCUT2D eigenvalue weighted by atomic mass is 79.9. The topological polar surface area (TPSA) is 40.5 Å². The number of carbonyl (C=O) groups is 1. The van der Waals surface area contributed by atoms with Gasteiger partial charge in [0, 0.05) is 5.69 Å². The van der Waals surface area contributed by atoms with Gasteiger partial charge in [-0.2, -0.15) is 0 Å². The third-order valence-electron chi connectivity index (χ3n) is 2.38. The molecule has 1 aromatic carbocycles. The van der Waals surface area contributed by atoms with Crippen molar-refractivity contribution in [3.05, 3.63) is 28.2 Å². The van der Waals surface area contributed by atoms with Crippen LogP contribution in [0.25, 0.3) is 0 Å². The molecule has 0 spiro atoms. The van der Waals surface area contributed by atoms with E-state index in [2.05, 4.69) is 15.9 Å². The summed E-state index contributed by atoms with van der Waals surface area (Å²) in [6.45, 7) is 0.0688. The quantitative estimate of drug-likeness (QED) is 0.802. The van der Waals surface area contributed by atoms with Crippen molar-refractivity contribution >= 4 is 27.5 Å². The van der Waals surface area contributed by atoms with Gasteiger partial charge < -0.3 is 10.0 Å². The molecule has 1 aliphatic rings. The number of carbonyl (C=O) groups excluding carboxylic acids is 1. The molecule has 1 saturated heterocycles. The van der Waals surface area contributed by atoms with Crippen LogP contribution in [-0.4, -0.2) is 23.7 Å². The Bertz CT molecular complexity index is 429. The average molecular weight is 292 g/mol. The van der Waals surface area contributed by atoms with E-state index in [0.29, 0.717) is 0 Å². The second kappa shape index (κ2) is 4.10. The van der Waals surface area contributed by atoms with Gasteiger partial charge in [0.1, 0.15) is 11.6 Å². The fraction of sp³-hybridized carbons (Fsp3) is 0.300. The van der Waals surface area contributed by atoms with Crippen molar-refractivity contribution in [3.63, 3.8) is 0 Å². The highest BCUT2D eigenvalue weighted by Gasteiger charge is 2.30. The number of amides is 1. The van der Waals surface area contributed by atoms with Crippen molar-refractivity contribution in [1.29, 1.82) is 0 Å². The molecule has 0 bridgehead atoms. The second-order valence-corrected chi connectivity index (χ2v) is 4.38. The molecule has 6 heteroatoms. The number of anilines is 1. The fourth-order valence-electron chi connectivity index (χ4n) is 1.64. The molecule has 1 aliphatic heterocycles. The standard InChI is InChI=1S/C10H8BrF2NO2/c11-10-7(12)1-5(2-8(10)13)14-4-6(15)3-9(14)16/h1-2,6,15H,3-4H2. The first-order chi connectivity index (χ1) is 7.49. The zero-order chi connectivity index (χ0) is 11.9. The molecular weight excluding hydrogens is 284 g/mol. The van der Waals surface area contributed by atoms with E-state index >= 15 is 0 Å². The van der Waals surface area contributed by atoms with Crippen molar-refractivity contribution in [2.75, 3.05) is 11.4 Å². The van der Waals surface area contributed by atoms with Gasteiger partial charge in [-0.05, 0) is 28.1 Å². The van der Waals surface area contributed by atoms with Crippen LogP contribution in [0.3, 0.4) is 0 Å². The average Bonchev–Trinajstić information content (AvgIpc) is 2.53. The number of halogens is 3. The molecule has 1 amide bonds. The smallest absolute Gasteiger partial charge is 0.229 e. The van der Waals surface area contributed by atoms with Gasteiger partial charge >= 0.3 is 0 Å². The van der Waals surface area contributed by atoms with Gasteiger partial charge in [0.05, 0.1) is 23.5 Å². The highest BCUT2D eigenvalue weighted by Crippen LogP contribution is 2.28. The lowest BCUT2D eigenvalue weighted by Gasteiger charge is -2.16. The third-order valence-corrected chi connectivity index (χ3v) is 3.14. The minimum absolute atomic E-state index is 0.0146. The molecule has 0 aromatic heterocycles. The predicted molar refractivity (Wildman–Crippen MR) is 57.0 cm³/mol. The van der Waals surface area contributed by atoms with E-state index in [4.69, 9.17) is 0 Å². The van der Waals surface area contributed by atoms with Gasteiger partial charge in [0.25, 0.3) is 0 Å². The van der Waals surface area contributed by atoms with E-state index < -0.39 is 17.7 Å². The SMILES string of the molecule is O=C1CC(O)CN1c1cc(F)c(Br)c(F)c1. The van der Waals surface area contributed by atoms with Crippen molar-refractivity contribution in [2.45, 2.75) is 12.5 Å². The number of β-amino-alcohol motifs (C(OH)–C–C–N with tert-alkyl or cyclic N) is 1. The third kappa shape index (κ3) is 1.94. The zero-order valence-electron chi connectivity index (χ0n) is 8.08. The molecule has 0 radical (unpaired) electrons. The molecule has 1 unspecified atom stereocenters. The molecule has 86 valence electrons. The van der Waals surface area contributed by atoms with Crippen molar-refractivity contribution in [1.82, 2.24) is 0 Å². The predicted octanol–water partition coefficient (Wildman–Crippen LogP) is 1.82. The van der Waals surface area contributed by atoms with E-state index in [0.717, 1.165) is 12.1 Å². The van der Waals surface area contributed by atoms with Crippen LogP contribution in [0.4, 0.5) is 14.5 Å². The van der Waals surface area contributed by atoms with Crippen LogP contribution in [0.1, 0.15) is 6.42 Å². The molecule has 1 aromatic rings. The first-order valence-corrected chi connectivity index (χ1v) is 5.41. The Kier molecular flexibility index (Phi) is 2.94. The van der Waals surface area contributed by atoms with Crippen LogP contribution in [0, 0.1) is 11.6 Å². The van der Waals surface area contributed by atoms with Gasteiger partial charge in [-0.1, -0.05) is 0 Å². The zero-order valence-corrected chi connectivity index (χ0v) is 9.67. The molecule has 2 rings (SSSR count). The Balaban J connectivity index is 2.38. The Morgan fingerprint density at radius 3 is 2.38 bits per heavy atom. The molecule has 16 heavy (non-hydrogen) atoms. The normalized spacial score (nSPS) is 20.6. The monoisotopic (exact) mass is 291 g/mol. The second-order valence-electron chi connectivity index (χ2n) is 3.59. The number of rotatable bonds is 1.